The van der Waals surface area contributed by atoms with Crippen LogP contribution in [0.15, 0.2) is 97.1 Å². The number of methoxy groups -OCH3 is 3. The molecule has 4 aromatic carbocycles. The first-order valence-corrected chi connectivity index (χ1v) is 14.8. The van der Waals surface area contributed by atoms with Crippen LogP contribution in [0.2, 0.25) is 0 Å². The van der Waals surface area contributed by atoms with E-state index >= 15 is 0 Å². The zero-order valence-corrected chi connectivity index (χ0v) is 25.8. The summed E-state index contributed by atoms with van der Waals surface area (Å²) < 4.78 is 16.2. The monoisotopic (exact) mass is 589 g/mol. The largest absolute Gasteiger partial charge is 0.497 e. The van der Waals surface area contributed by atoms with Crippen molar-refractivity contribution in [2.75, 3.05) is 40.2 Å². The number of hydrogen-bond acceptors (Lipinski definition) is 6. The van der Waals surface area contributed by atoms with E-state index in [0.717, 1.165) is 71.7 Å². The Labute approximate surface area is 259 Å². The van der Waals surface area contributed by atoms with Crippen LogP contribution in [0, 0.1) is 0 Å². The van der Waals surface area contributed by atoms with Gasteiger partial charge in [0.1, 0.15) is 5.75 Å². The first kappa shape index (κ1) is 30.6. The number of aromatic nitrogens is 1. The second-order valence-corrected chi connectivity index (χ2v) is 10.8. The number of unbranched alkanes of at least 4 members (excludes halogenated alkanes) is 1. The molecule has 0 saturated carbocycles. The Morgan fingerprint density at radius 2 is 1.52 bits per heavy atom. The number of nitrogens with zero attached hydrogens (tertiary/aromatic N) is 2. The number of rotatable bonds is 13. The number of carbonyl (C=O) groups excluding carboxylic acids is 1. The van der Waals surface area contributed by atoms with Gasteiger partial charge in [0.2, 0.25) is 0 Å². The Kier molecular flexibility index (Phi) is 10.1. The number of pyridine rings is 1. The Morgan fingerprint density at radius 3 is 2.25 bits per heavy atom. The minimum absolute atomic E-state index is 0.187. The lowest BCUT2D eigenvalue weighted by Gasteiger charge is -2.18. The fourth-order valence-electron chi connectivity index (χ4n) is 5.31. The van der Waals surface area contributed by atoms with Crippen LogP contribution in [0.5, 0.6) is 17.2 Å². The molecule has 226 valence electrons. The van der Waals surface area contributed by atoms with E-state index in [-0.39, 0.29) is 5.91 Å². The van der Waals surface area contributed by atoms with Gasteiger partial charge < -0.3 is 24.4 Å². The predicted octanol–water partition coefficient (Wildman–Crippen LogP) is 7.63. The number of nitrogens with one attached hydrogen (secondary N) is 1. The summed E-state index contributed by atoms with van der Waals surface area (Å²) in [5.74, 6) is 1.99. The summed E-state index contributed by atoms with van der Waals surface area (Å²) in [6.07, 6.45) is 3.15. The molecular weight excluding hydrogens is 550 g/mol. The highest BCUT2D eigenvalue weighted by Crippen LogP contribution is 2.29. The van der Waals surface area contributed by atoms with E-state index < -0.39 is 0 Å². The van der Waals surface area contributed by atoms with E-state index in [0.29, 0.717) is 11.3 Å². The highest BCUT2D eigenvalue weighted by molar-refractivity contribution is 6.13. The van der Waals surface area contributed by atoms with E-state index in [1.807, 2.05) is 78.9 Å². The number of carbonyl (C=O) groups is 1. The average molecular weight is 590 g/mol. The minimum atomic E-state index is -0.187. The minimum Gasteiger partial charge on any atom is -0.497 e. The first-order valence-electron chi connectivity index (χ1n) is 14.8. The van der Waals surface area contributed by atoms with Crippen molar-refractivity contribution in [1.82, 2.24) is 9.88 Å². The van der Waals surface area contributed by atoms with Gasteiger partial charge in [-0.15, -0.1) is 0 Å². The molecule has 0 saturated heterocycles. The van der Waals surface area contributed by atoms with Crippen LogP contribution in [0.25, 0.3) is 22.2 Å². The molecule has 5 rings (SSSR count). The molecule has 0 atom stereocenters. The Morgan fingerprint density at radius 1 is 0.773 bits per heavy atom. The van der Waals surface area contributed by atoms with Gasteiger partial charge in [0.15, 0.2) is 11.5 Å². The Hall–Kier alpha value is -4.88. The van der Waals surface area contributed by atoms with Crippen LogP contribution in [0.3, 0.4) is 0 Å². The normalized spacial score (nSPS) is 11.0. The molecule has 0 bridgehead atoms. The summed E-state index contributed by atoms with van der Waals surface area (Å²) in [4.78, 5) is 20.7. The molecule has 0 aliphatic rings. The van der Waals surface area contributed by atoms with Crippen molar-refractivity contribution < 1.29 is 19.0 Å². The van der Waals surface area contributed by atoms with Gasteiger partial charge in [0.25, 0.3) is 5.91 Å². The van der Waals surface area contributed by atoms with Gasteiger partial charge in [-0.25, -0.2) is 4.98 Å². The fraction of sp³-hybridized carbons (Fsp3) is 0.243. The van der Waals surface area contributed by atoms with E-state index in [1.165, 1.54) is 11.1 Å². The number of ether oxygens (including phenoxy) is 3. The standard InChI is InChI=1S/C37H39N3O4/c1-40(25-27-15-20-35(43-3)36(22-27)44-4)21-9-8-10-26-13-16-29(17-14-26)38-37(41)32-24-34(28-11-6-5-7-12-28)39-33-19-18-30(42-2)23-31(32)33/h5-7,11-20,22-24H,8-10,21,25H2,1-4H3,(H,38,41). The number of amides is 1. The second kappa shape index (κ2) is 14.5. The molecule has 7 heteroatoms. The SMILES string of the molecule is COc1ccc2nc(-c3ccccc3)cc(C(=O)Nc3ccc(CCCCN(C)Cc4ccc(OC)c(OC)c4)cc3)c2c1. The van der Waals surface area contributed by atoms with Crippen LogP contribution < -0.4 is 19.5 Å². The smallest absolute Gasteiger partial charge is 0.256 e. The zero-order valence-electron chi connectivity index (χ0n) is 25.8. The van der Waals surface area contributed by atoms with Crippen molar-refractivity contribution in [1.29, 1.82) is 0 Å². The molecule has 44 heavy (non-hydrogen) atoms. The topological polar surface area (TPSA) is 72.9 Å². The third-order valence-electron chi connectivity index (χ3n) is 7.70. The molecule has 0 spiro atoms. The van der Waals surface area contributed by atoms with Crippen molar-refractivity contribution in [2.45, 2.75) is 25.8 Å². The van der Waals surface area contributed by atoms with E-state index in [9.17, 15) is 4.79 Å². The lowest BCUT2D eigenvalue weighted by molar-refractivity contribution is 0.102. The fourth-order valence-corrected chi connectivity index (χ4v) is 5.31. The summed E-state index contributed by atoms with van der Waals surface area (Å²) in [6.45, 7) is 1.85. The zero-order chi connectivity index (χ0) is 30.9. The first-order chi connectivity index (χ1) is 21.5. The highest BCUT2D eigenvalue weighted by Gasteiger charge is 2.16. The van der Waals surface area contributed by atoms with Gasteiger partial charge >= 0.3 is 0 Å². The summed E-state index contributed by atoms with van der Waals surface area (Å²) in [5.41, 5.74) is 6.18. The molecular formula is C37H39N3O4. The molecule has 0 aliphatic carbocycles. The lowest BCUT2D eigenvalue weighted by Crippen LogP contribution is -2.19. The summed E-state index contributed by atoms with van der Waals surface area (Å²) in [7, 11) is 7.07. The lowest BCUT2D eigenvalue weighted by atomic mass is 10.0. The molecule has 1 amide bonds. The molecule has 1 aromatic heterocycles. The third kappa shape index (κ3) is 7.54. The number of benzene rings is 4. The average Bonchev–Trinajstić information content (AvgIpc) is 3.06. The molecule has 0 fully saturated rings. The maximum Gasteiger partial charge on any atom is 0.256 e. The van der Waals surface area contributed by atoms with E-state index in [4.69, 9.17) is 19.2 Å². The predicted molar refractivity (Wildman–Crippen MR) is 177 cm³/mol. The summed E-state index contributed by atoms with van der Waals surface area (Å²) in [5, 5.41) is 3.83. The molecule has 1 heterocycles. The third-order valence-corrected chi connectivity index (χ3v) is 7.70. The maximum absolute atomic E-state index is 13.6. The quantitative estimate of drug-likeness (QED) is 0.142. The molecule has 7 nitrogen and oxygen atoms in total. The maximum atomic E-state index is 13.6. The van der Waals surface area contributed by atoms with Crippen molar-refractivity contribution in [3.63, 3.8) is 0 Å². The van der Waals surface area contributed by atoms with Gasteiger partial charge in [0.05, 0.1) is 38.1 Å². The van der Waals surface area contributed by atoms with Gasteiger partial charge in [-0.3, -0.25) is 4.79 Å². The van der Waals surface area contributed by atoms with Crippen LogP contribution in [0.4, 0.5) is 5.69 Å². The van der Waals surface area contributed by atoms with Crippen molar-refractivity contribution in [3.8, 4) is 28.5 Å². The van der Waals surface area contributed by atoms with E-state index in [2.05, 4.69) is 35.5 Å². The molecule has 0 unspecified atom stereocenters. The Bertz CT molecular complexity index is 1700. The van der Waals surface area contributed by atoms with Crippen LogP contribution >= 0.6 is 0 Å². The summed E-state index contributed by atoms with van der Waals surface area (Å²) >= 11 is 0. The number of hydrogen-bond donors (Lipinski definition) is 1. The van der Waals surface area contributed by atoms with Crippen molar-refractivity contribution in [3.05, 3.63) is 114 Å². The van der Waals surface area contributed by atoms with Crippen molar-refractivity contribution in [2.24, 2.45) is 0 Å². The van der Waals surface area contributed by atoms with Crippen LogP contribution in [0.1, 0.15) is 34.3 Å². The van der Waals surface area contributed by atoms with Crippen LogP contribution in [-0.4, -0.2) is 50.7 Å². The molecule has 0 radical (unpaired) electrons. The second-order valence-electron chi connectivity index (χ2n) is 10.8. The molecule has 0 aliphatic heterocycles. The van der Waals surface area contributed by atoms with Gasteiger partial charge in [-0.1, -0.05) is 48.5 Å². The van der Waals surface area contributed by atoms with Gasteiger partial charge in [-0.05, 0) is 92.5 Å². The number of fused-ring (bicyclic) bond motifs is 1. The van der Waals surface area contributed by atoms with Crippen LogP contribution in [-0.2, 0) is 13.0 Å². The molecule has 1 N–H and O–H groups in total. The van der Waals surface area contributed by atoms with Gasteiger partial charge in [0, 0.05) is 23.2 Å². The number of anilines is 1. The molecule has 5 aromatic rings. The summed E-state index contributed by atoms with van der Waals surface area (Å²) in [6, 6.07) is 31.5. The Balaban J connectivity index is 1.18. The van der Waals surface area contributed by atoms with E-state index in [1.54, 1.807) is 21.3 Å². The highest BCUT2D eigenvalue weighted by atomic mass is 16.5. The number of aryl methyl sites for hydroxylation is 1. The van der Waals surface area contributed by atoms with Crippen molar-refractivity contribution >= 4 is 22.5 Å². The van der Waals surface area contributed by atoms with Gasteiger partial charge in [-0.2, -0.15) is 0 Å².